The van der Waals surface area contributed by atoms with Gasteiger partial charge in [0, 0.05) is 11.6 Å². The molecule has 0 atom stereocenters. The van der Waals surface area contributed by atoms with Crippen molar-refractivity contribution in [1.29, 1.82) is 0 Å². The second-order valence-electron chi connectivity index (χ2n) is 2.29. The number of rotatable bonds is 1. The molecule has 4 nitrogen and oxygen atoms in total. The van der Waals surface area contributed by atoms with E-state index in [1.54, 1.807) is 6.92 Å². The third-order valence-corrected chi connectivity index (χ3v) is 1.45. The third-order valence-electron chi connectivity index (χ3n) is 1.45. The molecule has 1 N–H and O–H groups in total. The average molecular weight is 170 g/mol. The summed E-state index contributed by atoms with van der Waals surface area (Å²) in [5.74, 6) is -0.428. The Morgan fingerprint density at radius 1 is 1.58 bits per heavy atom. The van der Waals surface area contributed by atoms with E-state index in [2.05, 4.69) is 5.28 Å². The van der Waals surface area contributed by atoms with Crippen LogP contribution in [0.2, 0.25) is 0 Å². The Kier molecular flexibility index (Phi) is 2.23. The van der Waals surface area contributed by atoms with E-state index < -0.39 is 5.82 Å². The standard InChI is InChI=1S/C7H7FN2O2/c1-5-4-6(8)2-3-7(5)10(12)9-11/h2-4,11H,1H3/b10-9-. The van der Waals surface area contributed by atoms with Gasteiger partial charge >= 0.3 is 0 Å². The van der Waals surface area contributed by atoms with Crippen molar-refractivity contribution in [2.75, 3.05) is 0 Å². The van der Waals surface area contributed by atoms with Crippen molar-refractivity contribution in [1.82, 2.24) is 0 Å². The molecule has 0 amide bonds. The van der Waals surface area contributed by atoms with E-state index in [4.69, 9.17) is 5.21 Å². The normalized spacial score (nSPS) is 11.7. The van der Waals surface area contributed by atoms with Gasteiger partial charge < -0.3 is 10.4 Å². The largest absolute Gasteiger partial charge is 0.592 e. The molecule has 0 unspecified atom stereocenters. The number of nitrogens with zero attached hydrogens (tertiary/aromatic N) is 2. The van der Waals surface area contributed by atoms with Crippen LogP contribution < -0.4 is 0 Å². The molecule has 0 aliphatic rings. The first-order valence-corrected chi connectivity index (χ1v) is 3.23. The predicted octanol–water partition coefficient (Wildman–Crippen LogP) is 2.12. The molecule has 0 heterocycles. The van der Waals surface area contributed by atoms with Crippen LogP contribution in [0.15, 0.2) is 23.5 Å². The van der Waals surface area contributed by atoms with Crippen LogP contribution in [0.4, 0.5) is 10.1 Å². The quantitative estimate of drug-likeness (QED) is 0.398. The first kappa shape index (κ1) is 8.45. The second-order valence-corrected chi connectivity index (χ2v) is 2.29. The Labute approximate surface area is 68.1 Å². The molecule has 0 fully saturated rings. The maximum absolute atomic E-state index is 12.5. The fourth-order valence-corrected chi connectivity index (χ4v) is 0.882. The second kappa shape index (κ2) is 3.17. The van der Waals surface area contributed by atoms with Gasteiger partial charge in [0.25, 0.3) is 5.69 Å². The number of hydrogen-bond acceptors (Lipinski definition) is 2. The van der Waals surface area contributed by atoms with Gasteiger partial charge in [-0.3, -0.25) is 0 Å². The van der Waals surface area contributed by atoms with Crippen LogP contribution in [-0.4, -0.2) is 10.1 Å². The molecule has 0 aromatic heterocycles. The van der Waals surface area contributed by atoms with Crippen LogP contribution in [0.3, 0.4) is 0 Å². The molecule has 1 aromatic carbocycles. The van der Waals surface area contributed by atoms with Gasteiger partial charge in [0.1, 0.15) is 5.82 Å². The Morgan fingerprint density at radius 3 is 2.75 bits per heavy atom. The monoisotopic (exact) mass is 170 g/mol. The highest BCUT2D eigenvalue weighted by atomic mass is 19.1. The Bertz CT molecular complexity index is 325. The molecule has 0 bridgehead atoms. The van der Waals surface area contributed by atoms with E-state index >= 15 is 0 Å². The summed E-state index contributed by atoms with van der Waals surface area (Å²) in [5.41, 5.74) is 0.543. The smallest absolute Gasteiger partial charge is 0.251 e. The Morgan fingerprint density at radius 2 is 2.25 bits per heavy atom. The van der Waals surface area contributed by atoms with Crippen molar-refractivity contribution in [2.45, 2.75) is 6.92 Å². The summed E-state index contributed by atoms with van der Waals surface area (Å²) in [5, 5.41) is 21.3. The van der Waals surface area contributed by atoms with Gasteiger partial charge in [0.05, 0.1) is 0 Å². The van der Waals surface area contributed by atoms with Gasteiger partial charge in [-0.25, -0.2) is 4.39 Å². The van der Waals surface area contributed by atoms with E-state index in [0.717, 1.165) is 6.07 Å². The molecule has 0 aliphatic heterocycles. The van der Waals surface area contributed by atoms with Crippen LogP contribution in [0, 0.1) is 17.9 Å². The van der Waals surface area contributed by atoms with Gasteiger partial charge in [0.2, 0.25) is 5.28 Å². The highest BCUT2D eigenvalue weighted by Gasteiger charge is 2.08. The molecule has 0 spiro atoms. The van der Waals surface area contributed by atoms with Gasteiger partial charge in [-0.2, -0.15) is 0 Å². The molecular weight excluding hydrogens is 163 g/mol. The van der Waals surface area contributed by atoms with Crippen molar-refractivity contribution in [2.24, 2.45) is 5.28 Å². The van der Waals surface area contributed by atoms with E-state index in [0.29, 0.717) is 5.56 Å². The lowest BCUT2D eigenvalue weighted by molar-refractivity contribution is -0.474. The molecule has 0 aliphatic carbocycles. The maximum atomic E-state index is 12.5. The lowest BCUT2D eigenvalue weighted by atomic mass is 10.2. The van der Waals surface area contributed by atoms with Gasteiger partial charge in [-0.15, -0.1) is 0 Å². The number of halogens is 1. The van der Waals surface area contributed by atoms with Crippen molar-refractivity contribution < 1.29 is 14.5 Å². The van der Waals surface area contributed by atoms with Crippen molar-refractivity contribution in [3.8, 4) is 0 Å². The number of hydrogen-bond donors (Lipinski definition) is 1. The highest BCUT2D eigenvalue weighted by molar-refractivity contribution is 5.38. The Balaban J connectivity index is 3.18. The van der Waals surface area contributed by atoms with Gasteiger partial charge in [-0.1, -0.05) is 0 Å². The lowest BCUT2D eigenvalue weighted by Crippen LogP contribution is -1.93. The summed E-state index contributed by atoms with van der Waals surface area (Å²) in [4.78, 5) is 0.0226. The third kappa shape index (κ3) is 1.50. The van der Waals surface area contributed by atoms with Crippen molar-refractivity contribution in [3.63, 3.8) is 0 Å². The maximum Gasteiger partial charge on any atom is 0.251 e. The zero-order valence-corrected chi connectivity index (χ0v) is 6.36. The summed E-state index contributed by atoms with van der Waals surface area (Å²) in [7, 11) is 0. The zero-order valence-electron chi connectivity index (χ0n) is 6.36. The summed E-state index contributed by atoms with van der Waals surface area (Å²) in [6.45, 7) is 1.55. The summed E-state index contributed by atoms with van der Waals surface area (Å²) in [6.07, 6.45) is 0. The molecule has 1 rings (SSSR count). The molecular formula is C7H7FN2O2. The first-order chi connectivity index (χ1) is 5.65. The SMILES string of the molecule is Cc1cc(F)ccc1/[N+]([O-])=N/O. The summed E-state index contributed by atoms with van der Waals surface area (Å²) in [6, 6.07) is 3.56. The van der Waals surface area contributed by atoms with Crippen LogP contribution in [0.25, 0.3) is 0 Å². The summed E-state index contributed by atoms with van der Waals surface area (Å²) < 4.78 is 12.5. The minimum Gasteiger partial charge on any atom is -0.592 e. The fourth-order valence-electron chi connectivity index (χ4n) is 0.882. The molecule has 12 heavy (non-hydrogen) atoms. The van der Waals surface area contributed by atoms with Crippen LogP contribution >= 0.6 is 0 Å². The van der Waals surface area contributed by atoms with Crippen molar-refractivity contribution in [3.05, 3.63) is 34.8 Å². The molecule has 0 saturated carbocycles. The van der Waals surface area contributed by atoms with E-state index in [9.17, 15) is 9.60 Å². The topological polar surface area (TPSA) is 58.7 Å². The Hall–Kier alpha value is -1.65. The number of benzene rings is 1. The van der Waals surface area contributed by atoms with E-state index in [1.165, 1.54) is 12.1 Å². The summed E-state index contributed by atoms with van der Waals surface area (Å²) >= 11 is 0. The van der Waals surface area contributed by atoms with E-state index in [1.807, 2.05) is 0 Å². The van der Waals surface area contributed by atoms with Gasteiger partial charge in [0.15, 0.2) is 0 Å². The van der Waals surface area contributed by atoms with Gasteiger partial charge in [-0.05, 0) is 23.9 Å². The molecule has 1 aromatic rings. The van der Waals surface area contributed by atoms with Crippen molar-refractivity contribution >= 4 is 5.69 Å². The minimum absolute atomic E-state index is 0.0226. The lowest BCUT2D eigenvalue weighted by Gasteiger charge is -1.99. The molecule has 5 heteroatoms. The van der Waals surface area contributed by atoms with Crippen LogP contribution in [0.1, 0.15) is 5.56 Å². The number of aryl methyl sites for hydroxylation is 1. The molecule has 0 saturated heterocycles. The molecule has 0 radical (unpaired) electrons. The van der Waals surface area contributed by atoms with Crippen LogP contribution in [0.5, 0.6) is 0 Å². The molecule has 64 valence electrons. The minimum atomic E-state index is -0.428. The van der Waals surface area contributed by atoms with Crippen LogP contribution in [-0.2, 0) is 0 Å². The first-order valence-electron chi connectivity index (χ1n) is 3.23. The predicted molar refractivity (Wildman–Crippen MR) is 38.6 cm³/mol. The fraction of sp³-hybridized carbons (Fsp3) is 0.143. The zero-order chi connectivity index (χ0) is 9.14. The van der Waals surface area contributed by atoms with E-state index in [-0.39, 0.29) is 10.5 Å². The average Bonchev–Trinajstić information content (AvgIpc) is 2.03. The highest BCUT2D eigenvalue weighted by Crippen LogP contribution is 2.18.